The predicted molar refractivity (Wildman–Crippen MR) is 140 cm³/mol. The molecule has 0 bridgehead atoms. The predicted octanol–water partition coefficient (Wildman–Crippen LogP) is 3.36. The number of esters is 1. The Kier molecular flexibility index (Phi) is 9.42. The van der Waals surface area contributed by atoms with Crippen LogP contribution >= 0.6 is 0 Å². The molecule has 36 heavy (non-hydrogen) atoms. The number of nitrogens with one attached hydrogen (secondary N) is 1. The van der Waals surface area contributed by atoms with Crippen LogP contribution in [0.4, 0.5) is 0 Å². The second kappa shape index (κ2) is 12.3. The van der Waals surface area contributed by atoms with E-state index in [1.807, 2.05) is 45.0 Å². The highest BCUT2D eigenvalue weighted by molar-refractivity contribution is 5.81. The molecule has 2 aromatic heterocycles. The van der Waals surface area contributed by atoms with E-state index in [1.165, 1.54) is 0 Å². The number of aromatic nitrogens is 3. The minimum atomic E-state index is -0.377. The van der Waals surface area contributed by atoms with Gasteiger partial charge in [0.2, 0.25) is 0 Å². The van der Waals surface area contributed by atoms with Crippen molar-refractivity contribution < 1.29 is 19.0 Å². The molecule has 9 heteroatoms. The van der Waals surface area contributed by atoms with Crippen LogP contribution in [0.5, 0.6) is 0 Å². The van der Waals surface area contributed by atoms with Crippen molar-refractivity contribution >= 4 is 17.0 Å². The van der Waals surface area contributed by atoms with Gasteiger partial charge in [0.25, 0.3) is 5.56 Å². The summed E-state index contributed by atoms with van der Waals surface area (Å²) in [5, 5.41) is 3.31. The zero-order chi connectivity index (χ0) is 26.4. The number of benzene rings is 1. The summed E-state index contributed by atoms with van der Waals surface area (Å²) in [7, 11) is 5.07. The maximum atomic E-state index is 12.4. The zero-order valence-corrected chi connectivity index (χ0v) is 22.3. The summed E-state index contributed by atoms with van der Waals surface area (Å²) >= 11 is 0. The van der Waals surface area contributed by atoms with Gasteiger partial charge in [-0.15, -0.1) is 0 Å². The number of pyridine rings is 1. The molecule has 0 spiro atoms. The van der Waals surface area contributed by atoms with E-state index in [0.717, 1.165) is 28.0 Å². The topological polar surface area (TPSA) is 96.6 Å². The van der Waals surface area contributed by atoms with Crippen molar-refractivity contribution in [1.29, 1.82) is 0 Å². The van der Waals surface area contributed by atoms with Crippen LogP contribution < -0.4 is 10.9 Å². The lowest BCUT2D eigenvalue weighted by molar-refractivity contribution is -0.150. The Hall–Kier alpha value is -3.01. The fourth-order valence-corrected chi connectivity index (χ4v) is 4.36. The number of aryl methyl sites for hydroxylation is 2. The summed E-state index contributed by atoms with van der Waals surface area (Å²) in [4.78, 5) is 29.6. The van der Waals surface area contributed by atoms with E-state index >= 15 is 0 Å². The van der Waals surface area contributed by atoms with Crippen molar-refractivity contribution in [2.24, 2.45) is 7.05 Å². The summed E-state index contributed by atoms with van der Waals surface area (Å²) < 4.78 is 20.1. The van der Waals surface area contributed by atoms with E-state index in [4.69, 9.17) is 19.2 Å². The molecule has 0 aliphatic heterocycles. The van der Waals surface area contributed by atoms with Crippen molar-refractivity contribution in [2.75, 3.05) is 27.4 Å². The van der Waals surface area contributed by atoms with E-state index in [-0.39, 0.29) is 29.7 Å². The fraction of sp³-hybridized carbons (Fsp3) is 0.519. The molecule has 0 saturated carbocycles. The molecule has 0 radical (unpaired) electrons. The number of carbonyl (C=O) groups is 1. The minimum absolute atomic E-state index is 0.0402. The van der Waals surface area contributed by atoms with E-state index in [9.17, 15) is 9.59 Å². The number of hydrogen-bond donors (Lipinski definition) is 1. The Labute approximate surface area is 212 Å². The second-order valence-electron chi connectivity index (χ2n) is 9.35. The van der Waals surface area contributed by atoms with Gasteiger partial charge in [0.15, 0.2) is 0 Å². The number of carbonyl (C=O) groups excluding carboxylic acids is 1. The molecule has 0 amide bonds. The first-order chi connectivity index (χ1) is 17.2. The average Bonchev–Trinajstić information content (AvgIpc) is 3.20. The Balaban J connectivity index is 2.03. The van der Waals surface area contributed by atoms with E-state index in [1.54, 1.807) is 39.0 Å². The third-order valence-corrected chi connectivity index (χ3v) is 6.05. The lowest BCUT2D eigenvalue weighted by Gasteiger charge is -2.21. The van der Waals surface area contributed by atoms with Gasteiger partial charge in [0.1, 0.15) is 11.9 Å². The number of methoxy groups -OCH3 is 2. The molecule has 1 atom stereocenters. The van der Waals surface area contributed by atoms with Gasteiger partial charge in [0, 0.05) is 45.1 Å². The first-order valence-corrected chi connectivity index (χ1v) is 12.3. The first-order valence-electron chi connectivity index (χ1n) is 12.3. The van der Waals surface area contributed by atoms with Crippen molar-refractivity contribution in [3.63, 3.8) is 0 Å². The maximum absolute atomic E-state index is 12.4. The van der Waals surface area contributed by atoms with Crippen LogP contribution in [0.3, 0.4) is 0 Å². The van der Waals surface area contributed by atoms with Gasteiger partial charge in [-0.25, -0.2) is 4.98 Å². The third kappa shape index (κ3) is 6.21. The molecule has 0 aliphatic carbocycles. The largest absolute Gasteiger partial charge is 0.462 e. The van der Waals surface area contributed by atoms with Crippen LogP contribution in [0.25, 0.3) is 22.4 Å². The highest BCUT2D eigenvalue weighted by Crippen LogP contribution is 2.30. The molecule has 3 rings (SSSR count). The SMILES string of the molecule is CC[C@H](NCc1ccc2c(c1)nc(-c1cc(C)c(=O)n(C)c1)n2C(COC)COC)C(=O)OC(C)C. The molecule has 3 aromatic rings. The Bertz CT molecular complexity index is 1210. The van der Waals surface area contributed by atoms with Crippen molar-refractivity contribution in [3.05, 3.63) is 51.9 Å². The van der Waals surface area contributed by atoms with Gasteiger partial charge >= 0.3 is 5.97 Å². The van der Waals surface area contributed by atoms with E-state index in [0.29, 0.717) is 31.7 Å². The molecule has 0 fully saturated rings. The molecular formula is C27H38N4O5. The first kappa shape index (κ1) is 27.6. The number of rotatable bonds is 12. The van der Waals surface area contributed by atoms with Gasteiger partial charge in [0.05, 0.1) is 36.4 Å². The second-order valence-corrected chi connectivity index (χ2v) is 9.35. The van der Waals surface area contributed by atoms with Gasteiger partial charge in [-0.1, -0.05) is 13.0 Å². The lowest BCUT2D eigenvalue weighted by atomic mass is 10.1. The summed E-state index contributed by atoms with van der Waals surface area (Å²) in [6.45, 7) is 8.84. The molecule has 1 aromatic carbocycles. The van der Waals surface area contributed by atoms with Gasteiger partial charge in [-0.3, -0.25) is 9.59 Å². The molecular weight excluding hydrogens is 460 g/mol. The Morgan fingerprint density at radius 1 is 1.14 bits per heavy atom. The van der Waals surface area contributed by atoms with Crippen LogP contribution in [0, 0.1) is 6.92 Å². The summed E-state index contributed by atoms with van der Waals surface area (Å²) in [5.41, 5.74) is 4.19. The summed E-state index contributed by atoms with van der Waals surface area (Å²) in [6.07, 6.45) is 2.28. The molecule has 9 nitrogen and oxygen atoms in total. The number of fused-ring (bicyclic) bond motifs is 1. The number of imidazole rings is 1. The van der Waals surface area contributed by atoms with Gasteiger partial charge in [-0.05, 0) is 51.0 Å². The summed E-state index contributed by atoms with van der Waals surface area (Å²) in [5.74, 6) is 0.493. The monoisotopic (exact) mass is 498 g/mol. The van der Waals surface area contributed by atoms with E-state index in [2.05, 4.69) is 9.88 Å². The number of hydrogen-bond acceptors (Lipinski definition) is 7. The van der Waals surface area contributed by atoms with Crippen molar-refractivity contribution in [3.8, 4) is 11.4 Å². The van der Waals surface area contributed by atoms with Crippen LogP contribution in [0.15, 0.2) is 35.3 Å². The average molecular weight is 499 g/mol. The number of ether oxygens (including phenoxy) is 3. The Morgan fingerprint density at radius 3 is 2.42 bits per heavy atom. The third-order valence-electron chi connectivity index (χ3n) is 6.05. The standard InChI is InChI=1S/C27H38N4O5/c1-8-22(27(33)36-17(2)3)28-13-19-9-10-24-23(12-19)29-25(31(24)21(15-34-6)16-35-7)20-11-18(4)26(32)30(5)14-20/h9-12,14,17,21-22,28H,8,13,15-16H2,1-7H3/t22-/m0/s1. The number of nitrogens with zero attached hydrogens (tertiary/aromatic N) is 3. The van der Waals surface area contributed by atoms with Gasteiger partial charge < -0.3 is 28.7 Å². The van der Waals surface area contributed by atoms with Crippen LogP contribution in [-0.4, -0.2) is 59.7 Å². The fourth-order valence-electron chi connectivity index (χ4n) is 4.36. The van der Waals surface area contributed by atoms with Crippen LogP contribution in [-0.2, 0) is 32.6 Å². The molecule has 1 N–H and O–H groups in total. The highest BCUT2D eigenvalue weighted by atomic mass is 16.5. The molecule has 2 heterocycles. The van der Waals surface area contributed by atoms with Crippen molar-refractivity contribution in [1.82, 2.24) is 19.4 Å². The summed E-state index contributed by atoms with van der Waals surface area (Å²) in [6, 6.07) is 7.46. The van der Waals surface area contributed by atoms with Crippen LogP contribution in [0.2, 0.25) is 0 Å². The van der Waals surface area contributed by atoms with Gasteiger partial charge in [-0.2, -0.15) is 0 Å². The minimum Gasteiger partial charge on any atom is -0.462 e. The normalized spacial score (nSPS) is 12.6. The Morgan fingerprint density at radius 2 is 1.83 bits per heavy atom. The molecule has 196 valence electrons. The lowest BCUT2D eigenvalue weighted by Crippen LogP contribution is -2.38. The zero-order valence-electron chi connectivity index (χ0n) is 22.3. The highest BCUT2D eigenvalue weighted by Gasteiger charge is 2.22. The van der Waals surface area contributed by atoms with E-state index < -0.39 is 0 Å². The quantitative estimate of drug-likeness (QED) is 0.383. The maximum Gasteiger partial charge on any atom is 0.323 e. The molecule has 0 unspecified atom stereocenters. The van der Waals surface area contributed by atoms with Crippen LogP contribution in [0.1, 0.15) is 44.4 Å². The van der Waals surface area contributed by atoms with Crippen molar-refractivity contribution in [2.45, 2.75) is 58.8 Å². The smallest absolute Gasteiger partial charge is 0.323 e. The molecule has 0 saturated heterocycles. The molecule has 0 aliphatic rings.